The smallest absolute Gasteiger partial charge is 0.213 e. The largest absolute Gasteiger partial charge is 0.220 e. The van der Waals surface area contributed by atoms with Gasteiger partial charge in [0.05, 0.1) is 23.3 Å². The number of sulfonamides is 1. The van der Waals surface area contributed by atoms with Crippen LogP contribution in [0.1, 0.15) is 5.69 Å². The van der Waals surface area contributed by atoms with Gasteiger partial charge in [0, 0.05) is 20.5 Å². The molecule has 0 spiro atoms. The quantitative estimate of drug-likeness (QED) is 0.820. The van der Waals surface area contributed by atoms with Crippen LogP contribution in [0.2, 0.25) is 0 Å². The highest BCUT2D eigenvalue weighted by molar-refractivity contribution is 7.89. The summed E-state index contributed by atoms with van der Waals surface area (Å²) in [6.45, 7) is 0. The van der Waals surface area contributed by atoms with E-state index in [1.807, 2.05) is 0 Å². The predicted octanol–water partition coefficient (Wildman–Crippen LogP) is 0.840. The van der Waals surface area contributed by atoms with Gasteiger partial charge in [-0.15, -0.1) is 5.10 Å². The van der Waals surface area contributed by atoms with E-state index in [0.29, 0.717) is 11.4 Å². The fraction of sp³-hybridized carbons (Fsp3) is 0.333. The van der Waals surface area contributed by atoms with E-state index in [0.717, 1.165) is 0 Å². The maximum Gasteiger partial charge on any atom is 0.213 e. The second kappa shape index (κ2) is 5.68. The molecule has 0 aliphatic heterocycles. The molecule has 0 aliphatic rings. The maximum absolute atomic E-state index is 12.8. The predicted molar refractivity (Wildman–Crippen MR) is 72.5 cm³/mol. The molecule has 1 aromatic carbocycles. The average Bonchev–Trinajstić information content (AvgIpc) is 2.86. The van der Waals surface area contributed by atoms with Crippen LogP contribution in [-0.2, 0) is 16.4 Å². The van der Waals surface area contributed by atoms with Crippen LogP contribution in [0.5, 0.6) is 0 Å². The van der Waals surface area contributed by atoms with Gasteiger partial charge in [0.15, 0.2) is 0 Å². The van der Waals surface area contributed by atoms with Gasteiger partial charge >= 0.3 is 0 Å². The molecular weight excluding hydrogens is 283 g/mol. The molecule has 1 aromatic heterocycles. The summed E-state index contributed by atoms with van der Waals surface area (Å²) < 4.78 is 38.8. The fourth-order valence-corrected chi connectivity index (χ4v) is 2.38. The van der Waals surface area contributed by atoms with Crippen LogP contribution in [0, 0.1) is 5.82 Å². The SMILES string of the molecule is CN(C)S(=O)(=O)CCc1cn(-c2ccc(F)cc2)nn1. The first kappa shape index (κ1) is 14.6. The second-order valence-corrected chi connectivity index (χ2v) is 6.78. The Morgan fingerprint density at radius 2 is 1.90 bits per heavy atom. The number of nitrogens with zero attached hydrogens (tertiary/aromatic N) is 4. The van der Waals surface area contributed by atoms with Crippen LogP contribution in [-0.4, -0.2) is 47.6 Å². The van der Waals surface area contributed by atoms with E-state index in [1.54, 1.807) is 18.3 Å². The first-order valence-electron chi connectivity index (χ1n) is 5.96. The van der Waals surface area contributed by atoms with Crippen LogP contribution < -0.4 is 0 Å². The maximum atomic E-state index is 12.8. The van der Waals surface area contributed by atoms with E-state index in [2.05, 4.69) is 10.3 Å². The molecule has 0 unspecified atom stereocenters. The summed E-state index contributed by atoms with van der Waals surface area (Å²) in [6, 6.07) is 5.80. The topological polar surface area (TPSA) is 68.1 Å². The molecule has 0 aliphatic carbocycles. The number of hydrogen-bond acceptors (Lipinski definition) is 4. The summed E-state index contributed by atoms with van der Waals surface area (Å²) in [5, 5.41) is 7.81. The minimum Gasteiger partial charge on any atom is -0.220 e. The van der Waals surface area contributed by atoms with Crippen molar-refractivity contribution < 1.29 is 12.8 Å². The lowest BCUT2D eigenvalue weighted by atomic mass is 10.3. The Morgan fingerprint density at radius 1 is 1.25 bits per heavy atom. The molecule has 2 aromatic rings. The first-order valence-corrected chi connectivity index (χ1v) is 7.57. The molecule has 0 radical (unpaired) electrons. The Bertz CT molecular complexity index is 680. The molecule has 0 amide bonds. The lowest BCUT2D eigenvalue weighted by Crippen LogP contribution is -2.26. The van der Waals surface area contributed by atoms with Crippen LogP contribution in [0.3, 0.4) is 0 Å². The summed E-state index contributed by atoms with van der Waals surface area (Å²) in [5.41, 5.74) is 1.24. The van der Waals surface area contributed by atoms with Gasteiger partial charge in [0.1, 0.15) is 5.82 Å². The molecular formula is C12H15FN4O2S. The van der Waals surface area contributed by atoms with Crippen LogP contribution in [0.4, 0.5) is 4.39 Å². The lowest BCUT2D eigenvalue weighted by molar-refractivity contribution is 0.520. The van der Waals surface area contributed by atoms with Gasteiger partial charge in [-0.25, -0.2) is 21.8 Å². The van der Waals surface area contributed by atoms with Crippen molar-refractivity contribution in [2.24, 2.45) is 0 Å². The molecule has 0 saturated heterocycles. The zero-order chi connectivity index (χ0) is 14.8. The molecule has 0 N–H and O–H groups in total. The summed E-state index contributed by atoms with van der Waals surface area (Å²) in [4.78, 5) is 0. The number of halogens is 1. The third kappa shape index (κ3) is 3.40. The molecule has 0 fully saturated rings. The third-order valence-electron chi connectivity index (χ3n) is 2.80. The Kier molecular flexibility index (Phi) is 4.15. The van der Waals surface area contributed by atoms with Crippen LogP contribution >= 0.6 is 0 Å². The van der Waals surface area contributed by atoms with Gasteiger partial charge in [0.25, 0.3) is 0 Å². The van der Waals surface area contributed by atoms with Gasteiger partial charge < -0.3 is 0 Å². The zero-order valence-corrected chi connectivity index (χ0v) is 12.0. The number of rotatable bonds is 5. The normalized spacial score (nSPS) is 12.0. The van der Waals surface area contributed by atoms with E-state index in [-0.39, 0.29) is 18.0 Å². The van der Waals surface area contributed by atoms with Gasteiger partial charge in [-0.1, -0.05) is 5.21 Å². The fourth-order valence-electron chi connectivity index (χ4n) is 1.55. The molecule has 0 saturated carbocycles. The van der Waals surface area contributed by atoms with E-state index in [4.69, 9.17) is 0 Å². The van der Waals surface area contributed by atoms with Gasteiger partial charge in [-0.2, -0.15) is 0 Å². The molecule has 20 heavy (non-hydrogen) atoms. The second-order valence-electron chi connectivity index (χ2n) is 4.48. The first-order chi connectivity index (χ1) is 9.38. The van der Waals surface area contributed by atoms with Crippen molar-refractivity contribution in [3.05, 3.63) is 42.0 Å². The number of aromatic nitrogens is 3. The molecule has 108 valence electrons. The number of hydrogen-bond donors (Lipinski definition) is 0. The Hall–Kier alpha value is -1.80. The number of aryl methyl sites for hydroxylation is 1. The summed E-state index contributed by atoms with van der Waals surface area (Å²) in [5.74, 6) is -0.353. The molecule has 6 nitrogen and oxygen atoms in total. The van der Waals surface area contributed by atoms with Crippen LogP contribution in [0.25, 0.3) is 5.69 Å². The Balaban J connectivity index is 2.08. The van der Waals surface area contributed by atoms with Crippen molar-refractivity contribution in [1.82, 2.24) is 19.3 Å². The van der Waals surface area contributed by atoms with Gasteiger partial charge in [0.2, 0.25) is 10.0 Å². The van der Waals surface area contributed by atoms with Crippen LogP contribution in [0.15, 0.2) is 30.5 Å². The highest BCUT2D eigenvalue weighted by Crippen LogP contribution is 2.09. The highest BCUT2D eigenvalue weighted by atomic mass is 32.2. The van der Waals surface area contributed by atoms with Crippen molar-refractivity contribution in [3.63, 3.8) is 0 Å². The summed E-state index contributed by atoms with van der Waals surface area (Å²) in [7, 11) is -0.269. The molecule has 0 bridgehead atoms. The molecule has 2 rings (SSSR count). The summed E-state index contributed by atoms with van der Waals surface area (Å²) in [6.07, 6.45) is 1.92. The monoisotopic (exact) mass is 298 g/mol. The molecule has 1 heterocycles. The molecule has 8 heteroatoms. The Morgan fingerprint density at radius 3 is 2.50 bits per heavy atom. The van der Waals surface area contributed by atoms with Gasteiger partial charge in [-0.3, -0.25) is 0 Å². The van der Waals surface area contributed by atoms with E-state index in [1.165, 1.54) is 35.2 Å². The number of benzene rings is 1. The minimum atomic E-state index is -3.25. The van der Waals surface area contributed by atoms with Crippen molar-refractivity contribution in [2.45, 2.75) is 6.42 Å². The van der Waals surface area contributed by atoms with E-state index < -0.39 is 10.0 Å². The van der Waals surface area contributed by atoms with Crippen molar-refractivity contribution >= 4 is 10.0 Å². The standard InChI is InChI=1S/C12H15FN4O2S/c1-16(2)20(18,19)8-7-11-9-17(15-14-11)12-5-3-10(13)4-6-12/h3-6,9H,7-8H2,1-2H3. The summed E-state index contributed by atoms with van der Waals surface area (Å²) >= 11 is 0. The van der Waals surface area contributed by atoms with Gasteiger partial charge in [-0.05, 0) is 24.3 Å². The van der Waals surface area contributed by atoms with E-state index in [9.17, 15) is 12.8 Å². The Labute approximate surface area is 116 Å². The molecule has 0 atom stereocenters. The minimum absolute atomic E-state index is 0.0257. The zero-order valence-electron chi connectivity index (χ0n) is 11.2. The van der Waals surface area contributed by atoms with Crippen molar-refractivity contribution in [3.8, 4) is 5.69 Å². The van der Waals surface area contributed by atoms with Crippen molar-refractivity contribution in [1.29, 1.82) is 0 Å². The third-order valence-corrected chi connectivity index (χ3v) is 4.64. The van der Waals surface area contributed by atoms with Crippen molar-refractivity contribution in [2.75, 3.05) is 19.8 Å². The van der Waals surface area contributed by atoms with E-state index >= 15 is 0 Å². The lowest BCUT2D eigenvalue weighted by Gasteiger charge is -2.09. The average molecular weight is 298 g/mol. The highest BCUT2D eigenvalue weighted by Gasteiger charge is 2.14.